The molecule has 5 nitrogen and oxygen atoms in total. The van der Waals surface area contributed by atoms with Gasteiger partial charge in [-0.2, -0.15) is 0 Å². The lowest BCUT2D eigenvalue weighted by atomic mass is 10.1. The molecule has 0 atom stereocenters. The molecule has 2 N–H and O–H groups in total. The zero-order valence-electron chi connectivity index (χ0n) is 15.8. The van der Waals surface area contributed by atoms with E-state index in [4.69, 9.17) is 0 Å². The summed E-state index contributed by atoms with van der Waals surface area (Å²) >= 11 is 0. The summed E-state index contributed by atoms with van der Waals surface area (Å²) in [6.07, 6.45) is 0.824. The average molecular weight is 352 g/mol. The zero-order chi connectivity index (χ0) is 18.8. The molecule has 0 aromatic heterocycles. The molecule has 0 fully saturated rings. The van der Waals surface area contributed by atoms with Gasteiger partial charge in [-0.25, -0.2) is 4.99 Å². The first-order valence-corrected chi connectivity index (χ1v) is 8.97. The predicted molar refractivity (Wildman–Crippen MR) is 107 cm³/mol. The van der Waals surface area contributed by atoms with Crippen LogP contribution in [-0.4, -0.2) is 44.0 Å². The number of aliphatic imine (C=N–C) groups is 1. The molecule has 0 aliphatic rings. The second-order valence-corrected chi connectivity index (χ2v) is 6.26. The molecule has 0 aliphatic heterocycles. The third kappa shape index (κ3) is 6.24. The first-order valence-electron chi connectivity index (χ1n) is 8.97. The van der Waals surface area contributed by atoms with E-state index >= 15 is 0 Å². The van der Waals surface area contributed by atoms with Gasteiger partial charge < -0.3 is 15.5 Å². The topological polar surface area (TPSA) is 56.7 Å². The number of rotatable bonds is 7. The second-order valence-electron chi connectivity index (χ2n) is 6.26. The van der Waals surface area contributed by atoms with Crippen molar-refractivity contribution in [3.63, 3.8) is 0 Å². The number of hydrogen-bond acceptors (Lipinski definition) is 2. The van der Waals surface area contributed by atoms with Gasteiger partial charge in [-0.1, -0.05) is 42.5 Å². The van der Waals surface area contributed by atoms with E-state index in [0.717, 1.165) is 36.6 Å². The van der Waals surface area contributed by atoms with E-state index in [2.05, 4.69) is 34.7 Å². The van der Waals surface area contributed by atoms with Crippen LogP contribution in [0.15, 0.2) is 59.6 Å². The van der Waals surface area contributed by atoms with Crippen LogP contribution in [0, 0.1) is 0 Å². The number of guanidine groups is 1. The van der Waals surface area contributed by atoms with Crippen molar-refractivity contribution in [3.05, 3.63) is 71.3 Å². The van der Waals surface area contributed by atoms with E-state index in [9.17, 15) is 4.79 Å². The van der Waals surface area contributed by atoms with Crippen molar-refractivity contribution in [2.75, 3.05) is 27.2 Å². The van der Waals surface area contributed by atoms with Gasteiger partial charge in [-0.3, -0.25) is 4.79 Å². The maximum Gasteiger partial charge on any atom is 0.253 e. The summed E-state index contributed by atoms with van der Waals surface area (Å²) in [7, 11) is 3.53. The Labute approximate surface area is 156 Å². The Bertz CT molecular complexity index is 726. The molecule has 0 unspecified atom stereocenters. The van der Waals surface area contributed by atoms with E-state index < -0.39 is 0 Å². The van der Waals surface area contributed by atoms with Crippen molar-refractivity contribution >= 4 is 11.9 Å². The Hall–Kier alpha value is -2.82. The highest BCUT2D eigenvalue weighted by atomic mass is 16.2. The molecule has 138 valence electrons. The summed E-state index contributed by atoms with van der Waals surface area (Å²) in [5, 5.41) is 6.62. The predicted octanol–water partition coefficient (Wildman–Crippen LogP) is 2.69. The average Bonchev–Trinajstić information content (AvgIpc) is 2.66. The van der Waals surface area contributed by atoms with Crippen LogP contribution in [-0.2, 0) is 13.0 Å². The van der Waals surface area contributed by atoms with Gasteiger partial charge in [0.25, 0.3) is 5.91 Å². The van der Waals surface area contributed by atoms with Gasteiger partial charge in [0.05, 0.1) is 6.54 Å². The monoisotopic (exact) mass is 352 g/mol. The largest absolute Gasteiger partial charge is 0.357 e. The highest BCUT2D eigenvalue weighted by molar-refractivity contribution is 5.94. The molecule has 0 saturated heterocycles. The lowest BCUT2D eigenvalue weighted by molar-refractivity contribution is 0.0827. The first-order chi connectivity index (χ1) is 12.6. The highest BCUT2D eigenvalue weighted by Crippen LogP contribution is 2.08. The van der Waals surface area contributed by atoms with Crippen molar-refractivity contribution in [1.29, 1.82) is 0 Å². The van der Waals surface area contributed by atoms with Gasteiger partial charge in [0.1, 0.15) is 0 Å². The Morgan fingerprint density at radius 3 is 2.42 bits per heavy atom. The zero-order valence-corrected chi connectivity index (χ0v) is 15.8. The Morgan fingerprint density at radius 2 is 1.73 bits per heavy atom. The van der Waals surface area contributed by atoms with E-state index in [-0.39, 0.29) is 5.91 Å². The van der Waals surface area contributed by atoms with Crippen LogP contribution in [0.25, 0.3) is 0 Å². The van der Waals surface area contributed by atoms with E-state index in [1.165, 1.54) is 5.56 Å². The van der Waals surface area contributed by atoms with E-state index in [0.29, 0.717) is 6.54 Å². The van der Waals surface area contributed by atoms with Crippen molar-refractivity contribution in [2.45, 2.75) is 19.9 Å². The number of carbonyl (C=O) groups is 1. The van der Waals surface area contributed by atoms with Gasteiger partial charge in [-0.15, -0.1) is 0 Å². The molecular formula is C21H28N4O. The molecule has 26 heavy (non-hydrogen) atoms. The number of nitrogens with one attached hydrogen (secondary N) is 2. The summed E-state index contributed by atoms with van der Waals surface area (Å²) in [5.41, 5.74) is 3.03. The second kappa shape index (κ2) is 10.2. The summed E-state index contributed by atoms with van der Waals surface area (Å²) in [5.74, 6) is 0.828. The van der Waals surface area contributed by atoms with Crippen LogP contribution in [0.2, 0.25) is 0 Å². The maximum atomic E-state index is 12.1. The molecule has 2 aromatic carbocycles. The minimum atomic E-state index is 0.0255. The minimum absolute atomic E-state index is 0.0255. The van der Waals surface area contributed by atoms with Gasteiger partial charge in [0.2, 0.25) is 0 Å². The molecule has 5 heteroatoms. The minimum Gasteiger partial charge on any atom is -0.357 e. The quantitative estimate of drug-likeness (QED) is 0.595. The lowest BCUT2D eigenvalue weighted by Crippen LogP contribution is -2.38. The number of carbonyl (C=O) groups excluding carboxylic acids is 1. The molecule has 0 aliphatic carbocycles. The summed E-state index contributed by atoms with van der Waals surface area (Å²) in [4.78, 5) is 18.3. The fourth-order valence-corrected chi connectivity index (χ4v) is 2.54. The van der Waals surface area contributed by atoms with Crippen LogP contribution in [0.4, 0.5) is 0 Å². The SMILES string of the molecule is CCNC(=NCc1ccccc1)NCCc1cccc(C(=O)N(C)C)c1. The highest BCUT2D eigenvalue weighted by Gasteiger charge is 2.08. The number of hydrogen-bond donors (Lipinski definition) is 2. The van der Waals surface area contributed by atoms with Crippen LogP contribution in [0.3, 0.4) is 0 Å². The standard InChI is InChI=1S/C21H28N4O/c1-4-22-21(24-16-18-9-6-5-7-10-18)23-14-13-17-11-8-12-19(15-17)20(26)25(2)3/h5-12,15H,4,13-14,16H2,1-3H3,(H2,22,23,24). The van der Waals surface area contributed by atoms with Crippen molar-refractivity contribution in [1.82, 2.24) is 15.5 Å². The Balaban J connectivity index is 1.91. The first kappa shape index (κ1) is 19.5. The molecule has 0 heterocycles. The fourth-order valence-electron chi connectivity index (χ4n) is 2.54. The number of amides is 1. The van der Waals surface area contributed by atoms with Gasteiger partial charge in [0, 0.05) is 32.7 Å². The third-order valence-corrected chi connectivity index (χ3v) is 3.89. The molecular weight excluding hydrogens is 324 g/mol. The van der Waals surface area contributed by atoms with Crippen LogP contribution in [0.5, 0.6) is 0 Å². The summed E-state index contributed by atoms with van der Waals surface area (Å²) in [6, 6.07) is 18.0. The van der Waals surface area contributed by atoms with Gasteiger partial charge in [0.15, 0.2) is 5.96 Å². The van der Waals surface area contributed by atoms with E-state index in [1.54, 1.807) is 19.0 Å². The van der Waals surface area contributed by atoms with Crippen molar-refractivity contribution in [2.24, 2.45) is 4.99 Å². The molecule has 0 bridgehead atoms. The number of nitrogens with zero attached hydrogens (tertiary/aromatic N) is 2. The molecule has 0 spiro atoms. The smallest absolute Gasteiger partial charge is 0.253 e. The maximum absolute atomic E-state index is 12.1. The molecule has 0 saturated carbocycles. The normalized spacial score (nSPS) is 11.1. The third-order valence-electron chi connectivity index (χ3n) is 3.89. The Kier molecular flexibility index (Phi) is 7.68. The molecule has 1 amide bonds. The Morgan fingerprint density at radius 1 is 1.00 bits per heavy atom. The summed E-state index contributed by atoms with van der Waals surface area (Å²) < 4.78 is 0. The van der Waals surface area contributed by atoms with Crippen LogP contribution >= 0.6 is 0 Å². The summed E-state index contributed by atoms with van der Waals surface area (Å²) in [6.45, 7) is 4.26. The van der Waals surface area contributed by atoms with Crippen molar-refractivity contribution in [3.8, 4) is 0 Å². The van der Waals surface area contributed by atoms with E-state index in [1.807, 2.05) is 42.5 Å². The van der Waals surface area contributed by atoms with Crippen molar-refractivity contribution < 1.29 is 4.79 Å². The molecule has 2 aromatic rings. The van der Waals surface area contributed by atoms with Crippen LogP contribution < -0.4 is 10.6 Å². The molecule has 2 rings (SSSR count). The van der Waals surface area contributed by atoms with Gasteiger partial charge >= 0.3 is 0 Å². The van der Waals surface area contributed by atoms with Crippen LogP contribution in [0.1, 0.15) is 28.4 Å². The number of benzene rings is 2. The van der Waals surface area contributed by atoms with Gasteiger partial charge in [-0.05, 0) is 36.6 Å². The lowest BCUT2D eigenvalue weighted by Gasteiger charge is -2.13. The fraction of sp³-hybridized carbons (Fsp3) is 0.333. The molecule has 0 radical (unpaired) electrons.